The summed E-state index contributed by atoms with van der Waals surface area (Å²) in [5, 5.41) is 12.8. The number of amidine groups is 1. The Hall–Kier alpha value is -2.07. The van der Waals surface area contributed by atoms with E-state index in [0.29, 0.717) is 5.17 Å². The van der Waals surface area contributed by atoms with Crippen molar-refractivity contribution in [2.24, 2.45) is 10.2 Å². The maximum atomic E-state index is 12.9. The van der Waals surface area contributed by atoms with E-state index in [1.54, 1.807) is 0 Å². The summed E-state index contributed by atoms with van der Waals surface area (Å²) in [6, 6.07) is 2.66. The Bertz CT molecular complexity index is 879. The quantitative estimate of drug-likeness (QED) is 0.490. The number of nitrogens with one attached hydrogen (secondary N) is 2. The molecule has 1 aliphatic heterocycles. The number of nitrogens with zero attached hydrogens (tertiary/aromatic N) is 2. The normalized spacial score (nSPS) is 21.3. The minimum absolute atomic E-state index is 0.0265. The van der Waals surface area contributed by atoms with Crippen LogP contribution in [-0.2, 0) is 15.8 Å². The standard InChI is InChI=1S/C19H20ClF3N4O2S/c20-13-8-7-11(19(21,22)23)9-14(13)24-16(28)10-15-17(29)25-18(30-15)27-26-12-5-3-1-2-4-6-12/h7-9,15H,1-6,10H2,(H,24,28)(H,25,27,29)/t15-/m1/s1. The molecule has 1 heterocycles. The number of anilines is 1. The van der Waals surface area contributed by atoms with Crippen LogP contribution < -0.4 is 10.6 Å². The van der Waals surface area contributed by atoms with Crippen molar-refractivity contribution in [3.63, 3.8) is 0 Å². The minimum atomic E-state index is -4.56. The predicted molar refractivity (Wildman–Crippen MR) is 112 cm³/mol. The fourth-order valence-corrected chi connectivity index (χ4v) is 4.19. The summed E-state index contributed by atoms with van der Waals surface area (Å²) in [6.07, 6.45) is 1.47. The molecule has 162 valence electrons. The third-order valence-corrected chi connectivity index (χ3v) is 6.08. The summed E-state index contributed by atoms with van der Waals surface area (Å²) in [5.74, 6) is -1.02. The number of benzene rings is 1. The van der Waals surface area contributed by atoms with E-state index in [1.807, 2.05) is 0 Å². The first kappa shape index (κ1) is 22.6. The number of hydrogen-bond acceptors (Lipinski definition) is 5. The molecule has 2 fully saturated rings. The van der Waals surface area contributed by atoms with Crippen LogP contribution >= 0.6 is 23.4 Å². The predicted octanol–water partition coefficient (Wildman–Crippen LogP) is 4.99. The molecule has 11 heteroatoms. The molecule has 0 radical (unpaired) electrons. The number of amides is 2. The van der Waals surface area contributed by atoms with Crippen LogP contribution in [0.4, 0.5) is 18.9 Å². The number of carbonyl (C=O) groups excluding carboxylic acids is 2. The van der Waals surface area contributed by atoms with E-state index in [2.05, 4.69) is 20.8 Å². The van der Waals surface area contributed by atoms with Crippen LogP contribution in [-0.4, -0.2) is 27.9 Å². The molecule has 0 unspecified atom stereocenters. The molecule has 1 atom stereocenters. The van der Waals surface area contributed by atoms with Crippen molar-refractivity contribution < 1.29 is 22.8 Å². The van der Waals surface area contributed by atoms with Crippen LogP contribution in [0.15, 0.2) is 28.4 Å². The van der Waals surface area contributed by atoms with Gasteiger partial charge in [0.1, 0.15) is 5.25 Å². The van der Waals surface area contributed by atoms with Crippen molar-refractivity contribution in [2.75, 3.05) is 5.32 Å². The zero-order valence-electron chi connectivity index (χ0n) is 15.9. The second-order valence-corrected chi connectivity index (χ2v) is 8.62. The molecular weight excluding hydrogens is 441 g/mol. The van der Waals surface area contributed by atoms with Gasteiger partial charge in [0, 0.05) is 12.1 Å². The van der Waals surface area contributed by atoms with Crippen LogP contribution in [0.25, 0.3) is 0 Å². The van der Waals surface area contributed by atoms with Crippen molar-refractivity contribution in [3.05, 3.63) is 28.8 Å². The van der Waals surface area contributed by atoms with Gasteiger partial charge in [-0.25, -0.2) is 0 Å². The van der Waals surface area contributed by atoms with E-state index in [1.165, 1.54) is 12.8 Å². The number of halogens is 4. The maximum absolute atomic E-state index is 12.9. The first-order valence-electron chi connectivity index (χ1n) is 9.50. The Balaban J connectivity index is 1.60. The maximum Gasteiger partial charge on any atom is 0.416 e. The minimum Gasteiger partial charge on any atom is -0.325 e. The topological polar surface area (TPSA) is 82.9 Å². The first-order valence-corrected chi connectivity index (χ1v) is 10.8. The highest BCUT2D eigenvalue weighted by atomic mass is 35.5. The molecule has 2 aliphatic rings. The van der Waals surface area contributed by atoms with Gasteiger partial charge < -0.3 is 10.6 Å². The zero-order valence-corrected chi connectivity index (χ0v) is 17.5. The fourth-order valence-electron chi connectivity index (χ4n) is 3.11. The molecule has 0 bridgehead atoms. The molecule has 3 rings (SSSR count). The van der Waals surface area contributed by atoms with E-state index >= 15 is 0 Å². The van der Waals surface area contributed by atoms with E-state index in [0.717, 1.165) is 61.4 Å². The van der Waals surface area contributed by atoms with Gasteiger partial charge in [0.25, 0.3) is 0 Å². The fraction of sp³-hybridized carbons (Fsp3) is 0.474. The molecule has 1 saturated heterocycles. The van der Waals surface area contributed by atoms with Gasteiger partial charge in [-0.05, 0) is 43.9 Å². The van der Waals surface area contributed by atoms with Crippen LogP contribution in [0.1, 0.15) is 50.5 Å². The zero-order chi connectivity index (χ0) is 21.7. The van der Waals surface area contributed by atoms with Crippen LogP contribution in [0.3, 0.4) is 0 Å². The molecular formula is C19H20ClF3N4O2S. The summed E-state index contributed by atoms with van der Waals surface area (Å²) >= 11 is 6.96. The smallest absolute Gasteiger partial charge is 0.325 e. The first-order chi connectivity index (χ1) is 14.2. The second-order valence-electron chi connectivity index (χ2n) is 7.03. The number of alkyl halides is 3. The van der Waals surface area contributed by atoms with Gasteiger partial charge in [-0.2, -0.15) is 18.3 Å². The molecule has 0 spiro atoms. The Kier molecular flexibility index (Phi) is 7.41. The molecule has 1 aromatic carbocycles. The van der Waals surface area contributed by atoms with E-state index in [4.69, 9.17) is 11.6 Å². The third kappa shape index (κ3) is 6.21. The van der Waals surface area contributed by atoms with Crippen LogP contribution in [0.2, 0.25) is 5.02 Å². The third-order valence-electron chi connectivity index (χ3n) is 4.68. The molecule has 1 aliphatic carbocycles. The van der Waals surface area contributed by atoms with Gasteiger partial charge >= 0.3 is 6.18 Å². The highest BCUT2D eigenvalue weighted by molar-refractivity contribution is 8.15. The average Bonchev–Trinajstić information content (AvgIpc) is 2.86. The molecule has 6 nitrogen and oxygen atoms in total. The lowest BCUT2D eigenvalue weighted by Crippen LogP contribution is -2.28. The lowest BCUT2D eigenvalue weighted by molar-refractivity contribution is -0.137. The van der Waals surface area contributed by atoms with Crippen molar-refractivity contribution in [1.82, 2.24) is 5.32 Å². The number of rotatable bonds is 4. The van der Waals surface area contributed by atoms with Crippen molar-refractivity contribution in [1.29, 1.82) is 0 Å². The van der Waals surface area contributed by atoms with Crippen LogP contribution in [0.5, 0.6) is 0 Å². The van der Waals surface area contributed by atoms with Crippen molar-refractivity contribution in [3.8, 4) is 0 Å². The second kappa shape index (κ2) is 9.82. The van der Waals surface area contributed by atoms with Crippen molar-refractivity contribution in [2.45, 2.75) is 56.4 Å². The molecule has 1 saturated carbocycles. The lowest BCUT2D eigenvalue weighted by atomic mass is 10.2. The van der Waals surface area contributed by atoms with E-state index in [9.17, 15) is 22.8 Å². The average molecular weight is 461 g/mol. The summed E-state index contributed by atoms with van der Waals surface area (Å²) < 4.78 is 38.6. The van der Waals surface area contributed by atoms with Gasteiger partial charge in [-0.15, -0.1) is 5.10 Å². The van der Waals surface area contributed by atoms with Gasteiger partial charge in [-0.1, -0.05) is 36.2 Å². The number of thioether (sulfide) groups is 1. The van der Waals surface area contributed by atoms with E-state index < -0.39 is 28.8 Å². The molecule has 2 N–H and O–H groups in total. The molecule has 0 aromatic heterocycles. The summed E-state index contributed by atoms with van der Waals surface area (Å²) in [5.41, 5.74) is -0.0917. The van der Waals surface area contributed by atoms with E-state index in [-0.39, 0.29) is 17.1 Å². The van der Waals surface area contributed by atoms with Gasteiger partial charge in [-0.3, -0.25) is 9.59 Å². The Morgan fingerprint density at radius 2 is 1.90 bits per heavy atom. The Labute approximate surface area is 180 Å². The molecule has 1 aromatic rings. The van der Waals surface area contributed by atoms with Crippen LogP contribution in [0, 0.1) is 0 Å². The lowest BCUT2D eigenvalue weighted by Gasteiger charge is -2.12. The SMILES string of the molecule is O=C(C[C@H]1S/C(=N/N=C2CCCCCC2)NC1=O)Nc1cc(C(F)(F)F)ccc1Cl. The number of hydrogen-bond donors (Lipinski definition) is 2. The van der Waals surface area contributed by atoms with Gasteiger partial charge in [0.15, 0.2) is 5.17 Å². The highest BCUT2D eigenvalue weighted by Crippen LogP contribution is 2.34. The largest absolute Gasteiger partial charge is 0.416 e. The van der Waals surface area contributed by atoms with Gasteiger partial charge in [0.05, 0.1) is 16.3 Å². The summed E-state index contributed by atoms with van der Waals surface area (Å²) in [4.78, 5) is 24.4. The monoisotopic (exact) mass is 460 g/mol. The Morgan fingerprint density at radius 1 is 1.20 bits per heavy atom. The summed E-state index contributed by atoms with van der Waals surface area (Å²) in [7, 11) is 0. The van der Waals surface area contributed by atoms with Gasteiger partial charge in [0.2, 0.25) is 11.8 Å². The highest BCUT2D eigenvalue weighted by Gasteiger charge is 2.33. The summed E-state index contributed by atoms with van der Waals surface area (Å²) in [6.45, 7) is 0. The molecule has 30 heavy (non-hydrogen) atoms. The van der Waals surface area contributed by atoms with Crippen molar-refractivity contribution >= 4 is 51.7 Å². The number of carbonyl (C=O) groups is 2. The Morgan fingerprint density at radius 3 is 2.57 bits per heavy atom. The molecule has 2 amide bonds.